The second kappa shape index (κ2) is 20.9. The molecule has 160 valence electrons. The van der Waals surface area contributed by atoms with Crippen molar-refractivity contribution in [1.82, 2.24) is 0 Å². The van der Waals surface area contributed by atoms with E-state index in [1.165, 1.54) is 0 Å². The van der Waals surface area contributed by atoms with Gasteiger partial charge in [-0.25, -0.2) is 0 Å². The van der Waals surface area contributed by atoms with Crippen molar-refractivity contribution in [2.45, 2.75) is 53.8 Å². The maximum atomic E-state index is 9.19. The molecule has 0 aliphatic heterocycles. The Kier molecular flexibility index (Phi) is 22.9. The van der Waals surface area contributed by atoms with Crippen molar-refractivity contribution in [3.05, 3.63) is 83.9 Å². The Morgan fingerprint density at radius 3 is 1.00 bits per heavy atom. The Bertz CT molecular complexity index is 586. The molecule has 0 saturated heterocycles. The zero-order valence-electron chi connectivity index (χ0n) is 18.4. The van der Waals surface area contributed by atoms with E-state index in [0.29, 0.717) is 11.5 Å². The SMILES string of the molecule is C/C=C(\O)c1ccccc1.C/C=C(\O)c1ccccc1.CC(C)O.CC(C)O.[Ti]. The molecular weight excluding hydrogens is 400 g/mol. The van der Waals surface area contributed by atoms with E-state index in [1.807, 2.05) is 74.5 Å². The van der Waals surface area contributed by atoms with Gasteiger partial charge in [-0.1, -0.05) is 60.7 Å². The first-order chi connectivity index (χ1) is 13.1. The molecule has 29 heavy (non-hydrogen) atoms. The van der Waals surface area contributed by atoms with Crippen LogP contribution in [-0.2, 0) is 21.7 Å². The van der Waals surface area contributed by atoms with Gasteiger partial charge >= 0.3 is 0 Å². The van der Waals surface area contributed by atoms with Crippen molar-refractivity contribution in [3.8, 4) is 0 Å². The first-order valence-electron chi connectivity index (χ1n) is 9.33. The van der Waals surface area contributed by atoms with E-state index in [9.17, 15) is 10.2 Å². The molecule has 0 fully saturated rings. The molecule has 5 heteroatoms. The van der Waals surface area contributed by atoms with Gasteiger partial charge in [-0.15, -0.1) is 0 Å². The van der Waals surface area contributed by atoms with E-state index >= 15 is 0 Å². The summed E-state index contributed by atoms with van der Waals surface area (Å²) in [6.07, 6.45) is 3.02. The van der Waals surface area contributed by atoms with E-state index in [2.05, 4.69) is 0 Å². The molecule has 2 rings (SSSR count). The van der Waals surface area contributed by atoms with Crippen molar-refractivity contribution < 1.29 is 42.1 Å². The van der Waals surface area contributed by atoms with Gasteiger partial charge in [-0.05, 0) is 53.7 Å². The van der Waals surface area contributed by atoms with Crippen molar-refractivity contribution >= 4 is 11.5 Å². The molecule has 4 N–H and O–H groups in total. The number of aliphatic hydroxyl groups excluding tert-OH is 4. The van der Waals surface area contributed by atoms with E-state index in [1.54, 1.807) is 39.8 Å². The summed E-state index contributed by atoms with van der Waals surface area (Å²) in [6.45, 7) is 10.5. The Morgan fingerprint density at radius 1 is 0.621 bits per heavy atom. The second-order valence-electron chi connectivity index (χ2n) is 6.27. The van der Waals surface area contributed by atoms with Crippen LogP contribution in [-0.4, -0.2) is 32.6 Å². The van der Waals surface area contributed by atoms with Crippen LogP contribution in [0.1, 0.15) is 52.7 Å². The average Bonchev–Trinajstić information content (AvgIpc) is 2.67. The quantitative estimate of drug-likeness (QED) is 0.345. The predicted octanol–water partition coefficient (Wildman–Crippen LogP) is 5.98. The van der Waals surface area contributed by atoms with Crippen LogP contribution in [0.3, 0.4) is 0 Å². The van der Waals surface area contributed by atoms with Gasteiger partial charge in [0.1, 0.15) is 11.5 Å². The normalized spacial score (nSPS) is 10.4. The van der Waals surface area contributed by atoms with Crippen LogP contribution in [0, 0.1) is 0 Å². The van der Waals surface area contributed by atoms with Crippen LogP contribution in [0.2, 0.25) is 0 Å². The molecule has 0 bridgehead atoms. The van der Waals surface area contributed by atoms with Crippen LogP contribution in [0.15, 0.2) is 72.8 Å². The number of rotatable bonds is 2. The molecule has 0 unspecified atom stereocenters. The van der Waals surface area contributed by atoms with Gasteiger partial charge < -0.3 is 20.4 Å². The number of allylic oxidation sites excluding steroid dienone is 2. The first-order valence-corrected chi connectivity index (χ1v) is 9.33. The van der Waals surface area contributed by atoms with Crippen LogP contribution < -0.4 is 0 Å². The molecule has 0 radical (unpaired) electrons. The third kappa shape index (κ3) is 22.3. The molecule has 2 aromatic rings. The molecule has 0 aliphatic carbocycles. The van der Waals surface area contributed by atoms with Crippen LogP contribution in [0.5, 0.6) is 0 Å². The topological polar surface area (TPSA) is 80.9 Å². The Morgan fingerprint density at radius 2 is 0.828 bits per heavy atom. The summed E-state index contributed by atoms with van der Waals surface area (Å²) in [5.41, 5.74) is 1.73. The standard InChI is InChI=1S/2C9H10O.2C3H8O.Ti/c2*1-2-9(10)8-6-4-3-5-7-8;2*1-3(2)4;/h2*2-7,10H,1H3;2*3-4H,1-2H3;/b2*9-2-;;;. The largest absolute Gasteiger partial charge is 0.508 e. The monoisotopic (exact) mass is 436 g/mol. The molecule has 4 nitrogen and oxygen atoms in total. The fourth-order valence-electron chi connectivity index (χ4n) is 1.55. The summed E-state index contributed by atoms with van der Waals surface area (Å²) in [5.74, 6) is 0.668. The number of hydrogen-bond donors (Lipinski definition) is 4. The van der Waals surface area contributed by atoms with Gasteiger partial charge in [0.15, 0.2) is 0 Å². The predicted molar refractivity (Wildman–Crippen MR) is 120 cm³/mol. The van der Waals surface area contributed by atoms with Crippen LogP contribution >= 0.6 is 0 Å². The van der Waals surface area contributed by atoms with E-state index < -0.39 is 0 Å². The minimum atomic E-state index is -0.167. The zero-order valence-corrected chi connectivity index (χ0v) is 19.9. The van der Waals surface area contributed by atoms with Crippen molar-refractivity contribution in [2.24, 2.45) is 0 Å². The minimum absolute atomic E-state index is 0. The summed E-state index contributed by atoms with van der Waals surface area (Å²) in [6, 6.07) is 18.9. The van der Waals surface area contributed by atoms with Gasteiger partial charge in [-0.3, -0.25) is 0 Å². The average molecular weight is 436 g/mol. The zero-order chi connectivity index (χ0) is 21.9. The summed E-state index contributed by atoms with van der Waals surface area (Å²) in [4.78, 5) is 0. The van der Waals surface area contributed by atoms with Crippen molar-refractivity contribution in [2.75, 3.05) is 0 Å². The van der Waals surface area contributed by atoms with Crippen LogP contribution in [0.4, 0.5) is 0 Å². The summed E-state index contributed by atoms with van der Waals surface area (Å²) < 4.78 is 0. The fourth-order valence-corrected chi connectivity index (χ4v) is 1.55. The Labute approximate surface area is 191 Å². The van der Waals surface area contributed by atoms with E-state index in [-0.39, 0.29) is 33.9 Å². The van der Waals surface area contributed by atoms with Gasteiger partial charge in [-0.2, -0.15) is 0 Å². The molecule has 2 aromatic carbocycles. The molecular formula is C24H36O4Ti. The van der Waals surface area contributed by atoms with Gasteiger partial charge in [0.25, 0.3) is 0 Å². The molecule has 0 atom stereocenters. The van der Waals surface area contributed by atoms with Crippen LogP contribution in [0.25, 0.3) is 11.5 Å². The molecule has 0 amide bonds. The molecule has 0 heterocycles. The van der Waals surface area contributed by atoms with E-state index in [4.69, 9.17) is 10.2 Å². The summed E-state index contributed by atoms with van der Waals surface area (Å²) >= 11 is 0. The second-order valence-corrected chi connectivity index (χ2v) is 6.27. The van der Waals surface area contributed by atoms with Gasteiger partial charge in [0, 0.05) is 45.1 Å². The van der Waals surface area contributed by atoms with Gasteiger partial charge in [0.05, 0.1) is 0 Å². The Balaban J connectivity index is -0.000000336. The number of benzene rings is 2. The molecule has 0 spiro atoms. The Hall–Kier alpha value is -1.85. The fraction of sp³-hybridized carbons (Fsp3) is 0.333. The van der Waals surface area contributed by atoms with E-state index in [0.717, 1.165) is 11.1 Å². The number of aliphatic hydroxyl groups is 4. The molecule has 0 aromatic heterocycles. The first kappa shape index (κ1) is 31.8. The smallest absolute Gasteiger partial charge is 0.118 e. The maximum Gasteiger partial charge on any atom is 0.118 e. The maximum absolute atomic E-state index is 9.19. The molecule has 0 aliphatic rings. The summed E-state index contributed by atoms with van der Waals surface area (Å²) in [7, 11) is 0. The minimum Gasteiger partial charge on any atom is -0.508 e. The number of hydrogen-bond acceptors (Lipinski definition) is 4. The third-order valence-electron chi connectivity index (χ3n) is 2.69. The van der Waals surface area contributed by atoms with Gasteiger partial charge in [0.2, 0.25) is 0 Å². The summed E-state index contributed by atoms with van der Waals surface area (Å²) in [5, 5.41) is 34.5. The molecule has 0 saturated carbocycles. The third-order valence-corrected chi connectivity index (χ3v) is 2.69. The van der Waals surface area contributed by atoms with Crippen molar-refractivity contribution in [3.63, 3.8) is 0 Å². The van der Waals surface area contributed by atoms with Crippen molar-refractivity contribution in [1.29, 1.82) is 0 Å².